The van der Waals surface area contributed by atoms with Crippen LogP contribution in [0.3, 0.4) is 0 Å². The average Bonchev–Trinajstić information content (AvgIpc) is 2.26. The Kier molecular flexibility index (Phi) is 4.33. The summed E-state index contributed by atoms with van der Waals surface area (Å²) in [6, 6.07) is 2.46. The topological polar surface area (TPSA) is 81.8 Å². The molecular formula is C9H10ClNO5. The zero-order valence-corrected chi connectivity index (χ0v) is 9.23. The SMILES string of the molecule is COc1cc(OCCO)c([N+](=O)[O-])cc1Cl. The molecule has 0 aliphatic carbocycles. The third-order valence-corrected chi connectivity index (χ3v) is 2.07. The number of benzene rings is 1. The molecule has 0 radical (unpaired) electrons. The van der Waals surface area contributed by atoms with E-state index in [1.807, 2.05) is 0 Å². The molecule has 1 N–H and O–H groups in total. The quantitative estimate of drug-likeness (QED) is 0.632. The minimum atomic E-state index is -0.613. The van der Waals surface area contributed by atoms with Gasteiger partial charge in [-0.05, 0) is 0 Å². The molecule has 7 heteroatoms. The van der Waals surface area contributed by atoms with Crippen LogP contribution >= 0.6 is 11.6 Å². The molecule has 0 amide bonds. The van der Waals surface area contributed by atoms with Gasteiger partial charge in [0.05, 0.1) is 23.7 Å². The van der Waals surface area contributed by atoms with Crippen LogP contribution in [0, 0.1) is 10.1 Å². The summed E-state index contributed by atoms with van der Waals surface area (Å²) in [5, 5.41) is 19.4. The van der Waals surface area contributed by atoms with Crippen LogP contribution in [0.25, 0.3) is 0 Å². The monoisotopic (exact) mass is 247 g/mol. The minimum Gasteiger partial charge on any atom is -0.495 e. The van der Waals surface area contributed by atoms with Gasteiger partial charge in [-0.2, -0.15) is 0 Å². The second-order valence-corrected chi connectivity index (χ2v) is 3.19. The summed E-state index contributed by atoms with van der Waals surface area (Å²) in [6.45, 7) is -0.270. The van der Waals surface area contributed by atoms with Gasteiger partial charge in [0.25, 0.3) is 0 Å². The van der Waals surface area contributed by atoms with Crippen molar-refractivity contribution in [3.8, 4) is 11.5 Å². The highest BCUT2D eigenvalue weighted by Crippen LogP contribution is 2.37. The van der Waals surface area contributed by atoms with Crippen molar-refractivity contribution in [2.45, 2.75) is 0 Å². The molecule has 0 aliphatic heterocycles. The van der Waals surface area contributed by atoms with Crippen LogP contribution in [0.5, 0.6) is 11.5 Å². The van der Waals surface area contributed by atoms with Crippen molar-refractivity contribution in [1.29, 1.82) is 0 Å². The first-order chi connectivity index (χ1) is 7.60. The van der Waals surface area contributed by atoms with Gasteiger partial charge in [-0.15, -0.1) is 0 Å². The number of methoxy groups -OCH3 is 1. The summed E-state index contributed by atoms with van der Waals surface area (Å²) in [6.07, 6.45) is 0. The standard InChI is InChI=1S/C9H10ClNO5/c1-15-8-5-9(16-3-2-12)7(11(13)14)4-6(8)10/h4-5,12H,2-3H2,1H3. The van der Waals surface area contributed by atoms with Crippen molar-refractivity contribution in [2.24, 2.45) is 0 Å². The van der Waals surface area contributed by atoms with Crippen LogP contribution in [0.2, 0.25) is 5.02 Å². The second-order valence-electron chi connectivity index (χ2n) is 2.78. The molecule has 0 atom stereocenters. The Morgan fingerprint density at radius 1 is 1.50 bits per heavy atom. The first-order valence-corrected chi connectivity index (χ1v) is 4.73. The molecular weight excluding hydrogens is 238 g/mol. The van der Waals surface area contributed by atoms with E-state index in [-0.39, 0.29) is 35.4 Å². The highest BCUT2D eigenvalue weighted by Gasteiger charge is 2.19. The maximum Gasteiger partial charge on any atom is 0.312 e. The Labute approximate surface area is 96.5 Å². The van der Waals surface area contributed by atoms with Gasteiger partial charge < -0.3 is 14.6 Å². The highest BCUT2D eigenvalue weighted by atomic mass is 35.5. The van der Waals surface area contributed by atoms with Crippen LogP contribution in [-0.4, -0.2) is 30.4 Å². The normalized spacial score (nSPS) is 9.94. The fourth-order valence-corrected chi connectivity index (χ4v) is 1.33. The predicted octanol–water partition coefficient (Wildman–Crippen LogP) is 1.63. The van der Waals surface area contributed by atoms with Gasteiger partial charge >= 0.3 is 5.69 Å². The Bertz CT molecular complexity index is 396. The maximum absolute atomic E-state index is 10.7. The van der Waals surface area contributed by atoms with E-state index in [1.165, 1.54) is 13.2 Å². The lowest BCUT2D eigenvalue weighted by atomic mass is 10.3. The third kappa shape index (κ3) is 2.74. The van der Waals surface area contributed by atoms with Crippen molar-refractivity contribution < 1.29 is 19.5 Å². The number of halogens is 1. The second kappa shape index (κ2) is 5.53. The number of aliphatic hydroxyl groups excluding tert-OH is 1. The zero-order chi connectivity index (χ0) is 12.1. The lowest BCUT2D eigenvalue weighted by Crippen LogP contribution is -2.04. The third-order valence-electron chi connectivity index (χ3n) is 1.78. The molecule has 1 aromatic rings. The smallest absolute Gasteiger partial charge is 0.312 e. The number of nitro benzene ring substituents is 1. The van der Waals surface area contributed by atoms with E-state index in [2.05, 4.69) is 0 Å². The molecule has 0 aliphatic rings. The molecule has 0 heterocycles. The van der Waals surface area contributed by atoms with E-state index in [0.717, 1.165) is 6.07 Å². The Balaban J connectivity index is 3.14. The lowest BCUT2D eigenvalue weighted by molar-refractivity contribution is -0.385. The fraction of sp³-hybridized carbons (Fsp3) is 0.333. The van der Waals surface area contributed by atoms with Crippen molar-refractivity contribution in [3.63, 3.8) is 0 Å². The molecule has 0 saturated carbocycles. The van der Waals surface area contributed by atoms with Crippen LogP contribution in [0.4, 0.5) is 5.69 Å². The van der Waals surface area contributed by atoms with E-state index in [4.69, 9.17) is 26.2 Å². The van der Waals surface area contributed by atoms with E-state index < -0.39 is 4.92 Å². The predicted molar refractivity (Wildman–Crippen MR) is 57.2 cm³/mol. The van der Waals surface area contributed by atoms with Gasteiger partial charge in [0.2, 0.25) is 5.75 Å². The zero-order valence-electron chi connectivity index (χ0n) is 8.47. The Morgan fingerprint density at radius 2 is 2.19 bits per heavy atom. The van der Waals surface area contributed by atoms with Crippen LogP contribution in [0.15, 0.2) is 12.1 Å². The van der Waals surface area contributed by atoms with Gasteiger partial charge in [0.15, 0.2) is 0 Å². The summed E-state index contributed by atoms with van der Waals surface area (Å²) in [4.78, 5) is 10.1. The molecule has 1 aromatic carbocycles. The van der Waals surface area contributed by atoms with Crippen molar-refractivity contribution in [2.75, 3.05) is 20.3 Å². The number of hydrogen-bond donors (Lipinski definition) is 1. The average molecular weight is 248 g/mol. The number of nitro groups is 1. The molecule has 0 fully saturated rings. The maximum atomic E-state index is 10.7. The summed E-state index contributed by atoms with van der Waals surface area (Å²) < 4.78 is 9.92. The fourth-order valence-electron chi connectivity index (χ4n) is 1.09. The number of rotatable bonds is 5. The Hall–Kier alpha value is -1.53. The van der Waals surface area contributed by atoms with E-state index in [9.17, 15) is 10.1 Å². The highest BCUT2D eigenvalue weighted by molar-refractivity contribution is 6.32. The van der Waals surface area contributed by atoms with Gasteiger partial charge in [-0.25, -0.2) is 0 Å². The largest absolute Gasteiger partial charge is 0.495 e. The lowest BCUT2D eigenvalue weighted by Gasteiger charge is -2.08. The minimum absolute atomic E-state index is 0.0142. The summed E-state index contributed by atoms with van der Waals surface area (Å²) >= 11 is 5.75. The van der Waals surface area contributed by atoms with Gasteiger partial charge in [0, 0.05) is 12.1 Å². The molecule has 1 rings (SSSR count). The summed E-state index contributed by atoms with van der Waals surface area (Å²) in [5.74, 6) is 0.292. The van der Waals surface area contributed by atoms with Crippen LogP contribution in [0.1, 0.15) is 0 Å². The molecule has 0 aromatic heterocycles. The molecule has 16 heavy (non-hydrogen) atoms. The molecule has 0 spiro atoms. The van der Waals surface area contributed by atoms with E-state index >= 15 is 0 Å². The molecule has 6 nitrogen and oxygen atoms in total. The number of aliphatic hydroxyl groups is 1. The molecule has 0 unspecified atom stereocenters. The van der Waals surface area contributed by atoms with Gasteiger partial charge in [-0.3, -0.25) is 10.1 Å². The Morgan fingerprint density at radius 3 is 2.69 bits per heavy atom. The van der Waals surface area contributed by atoms with Gasteiger partial charge in [0.1, 0.15) is 12.4 Å². The first kappa shape index (κ1) is 12.5. The van der Waals surface area contributed by atoms with Gasteiger partial charge in [-0.1, -0.05) is 11.6 Å². The first-order valence-electron chi connectivity index (χ1n) is 4.35. The summed E-state index contributed by atoms with van der Waals surface area (Å²) in [7, 11) is 1.39. The molecule has 0 bridgehead atoms. The van der Waals surface area contributed by atoms with E-state index in [0.29, 0.717) is 0 Å². The summed E-state index contributed by atoms with van der Waals surface area (Å²) in [5.41, 5.74) is -0.265. The van der Waals surface area contributed by atoms with Crippen LogP contribution < -0.4 is 9.47 Å². The number of nitrogens with zero attached hydrogens (tertiary/aromatic N) is 1. The molecule has 88 valence electrons. The number of ether oxygens (including phenoxy) is 2. The molecule has 0 saturated heterocycles. The van der Waals surface area contributed by atoms with Crippen molar-refractivity contribution >= 4 is 17.3 Å². The number of hydrogen-bond acceptors (Lipinski definition) is 5. The van der Waals surface area contributed by atoms with E-state index in [1.54, 1.807) is 0 Å². The van der Waals surface area contributed by atoms with Crippen molar-refractivity contribution in [3.05, 3.63) is 27.3 Å². The van der Waals surface area contributed by atoms with Crippen LogP contribution in [-0.2, 0) is 0 Å². The van der Waals surface area contributed by atoms with Crippen molar-refractivity contribution in [1.82, 2.24) is 0 Å².